The third-order valence-corrected chi connectivity index (χ3v) is 8.26. The van der Waals surface area contributed by atoms with Crippen LogP contribution in [0.25, 0.3) is 11.5 Å². The Morgan fingerprint density at radius 2 is 1.89 bits per heavy atom. The molecule has 0 bridgehead atoms. The van der Waals surface area contributed by atoms with Gasteiger partial charge >= 0.3 is 6.09 Å². The van der Waals surface area contributed by atoms with Crippen molar-refractivity contribution in [3.63, 3.8) is 0 Å². The van der Waals surface area contributed by atoms with Crippen molar-refractivity contribution in [2.75, 3.05) is 10.7 Å². The Balaban J connectivity index is 1.77. The zero-order chi connectivity index (χ0) is 27.8. The van der Waals surface area contributed by atoms with Crippen LogP contribution in [0.2, 0.25) is 5.02 Å². The second-order valence-corrected chi connectivity index (χ2v) is 13.4. The summed E-state index contributed by atoms with van der Waals surface area (Å²) in [6.45, 7) is 9.90. The van der Waals surface area contributed by atoms with E-state index in [0.29, 0.717) is 41.1 Å². The van der Waals surface area contributed by atoms with Crippen LogP contribution < -0.4 is 10.2 Å². The van der Waals surface area contributed by atoms with E-state index in [-0.39, 0.29) is 11.3 Å². The maximum atomic E-state index is 14.1. The third kappa shape index (κ3) is 6.52. The monoisotopic (exact) mass is 620 g/mol. The van der Waals surface area contributed by atoms with Crippen LogP contribution in [0.1, 0.15) is 52.5 Å². The van der Waals surface area contributed by atoms with Crippen molar-refractivity contribution in [1.82, 2.24) is 15.5 Å². The number of nitrogens with one attached hydrogen (secondary N) is 1. The van der Waals surface area contributed by atoms with Crippen molar-refractivity contribution >= 4 is 57.0 Å². The summed E-state index contributed by atoms with van der Waals surface area (Å²) in [5.74, 6) is 0.890. The lowest BCUT2D eigenvalue weighted by atomic mass is 9.90. The van der Waals surface area contributed by atoms with Crippen molar-refractivity contribution in [1.29, 1.82) is 0 Å². The molecule has 1 aliphatic heterocycles. The Bertz CT molecular complexity index is 1350. The van der Waals surface area contributed by atoms with E-state index in [1.807, 2.05) is 45.0 Å². The molecule has 0 saturated heterocycles. The molecule has 1 atom stereocenters. The summed E-state index contributed by atoms with van der Waals surface area (Å²) in [4.78, 5) is 28.1. The standard InChI is InChI=1S/C27H30BrClN4O4S/c1-26(2,3)24-32-31-22(37-24)18-10-20-21(11-19(18)28)38-14-16(12-27(4,5)30-25(35)36)23(34)33(20)13-15-6-8-17(29)9-7-15/h6-11,16,30H,12-14H2,1-5H3,(H,35,36)/t16-/m0/s1. The quantitative estimate of drug-likeness (QED) is 0.301. The zero-order valence-corrected chi connectivity index (χ0v) is 25.0. The molecule has 0 spiro atoms. The minimum Gasteiger partial charge on any atom is -0.465 e. The molecular formula is C27H30BrClN4O4S. The van der Waals surface area contributed by atoms with Crippen LogP contribution in [-0.4, -0.2) is 38.6 Å². The molecule has 0 unspecified atom stereocenters. The number of fused-ring (bicyclic) bond motifs is 1. The molecule has 2 N–H and O–H groups in total. The maximum Gasteiger partial charge on any atom is 0.405 e. The molecule has 2 aromatic carbocycles. The van der Waals surface area contributed by atoms with Gasteiger partial charge in [-0.2, -0.15) is 0 Å². The van der Waals surface area contributed by atoms with Gasteiger partial charge in [-0.25, -0.2) is 4.79 Å². The highest BCUT2D eigenvalue weighted by molar-refractivity contribution is 9.10. The molecule has 11 heteroatoms. The fourth-order valence-electron chi connectivity index (χ4n) is 4.31. The smallest absolute Gasteiger partial charge is 0.405 e. The number of thioether (sulfide) groups is 1. The van der Waals surface area contributed by atoms with E-state index >= 15 is 0 Å². The van der Waals surface area contributed by atoms with E-state index in [2.05, 4.69) is 31.4 Å². The van der Waals surface area contributed by atoms with Gasteiger partial charge in [-0.15, -0.1) is 22.0 Å². The number of halogens is 2. The van der Waals surface area contributed by atoms with Crippen molar-refractivity contribution in [3.05, 3.63) is 57.3 Å². The summed E-state index contributed by atoms with van der Waals surface area (Å²) >= 11 is 11.3. The minimum absolute atomic E-state index is 0.0827. The lowest BCUT2D eigenvalue weighted by Gasteiger charge is -2.31. The number of nitrogens with zero attached hydrogens (tertiary/aromatic N) is 3. The number of hydrogen-bond acceptors (Lipinski definition) is 6. The maximum absolute atomic E-state index is 14.1. The number of carbonyl (C=O) groups excluding carboxylic acids is 1. The van der Waals surface area contributed by atoms with Crippen LogP contribution in [0.15, 0.2) is 50.2 Å². The normalized spacial score (nSPS) is 16.2. The van der Waals surface area contributed by atoms with Gasteiger partial charge in [-0.3, -0.25) is 4.79 Å². The number of amides is 2. The number of carboxylic acid groups (broad SMARTS) is 1. The first-order chi connectivity index (χ1) is 17.7. The Morgan fingerprint density at radius 1 is 1.21 bits per heavy atom. The van der Waals surface area contributed by atoms with Crippen LogP contribution >= 0.6 is 39.3 Å². The molecule has 0 saturated carbocycles. The SMILES string of the molecule is CC(C)(C[C@H]1CSc2cc(Br)c(-c3nnc(C(C)(C)C)o3)cc2N(Cc2ccc(Cl)cc2)C1=O)NC(=O)O. The predicted molar refractivity (Wildman–Crippen MR) is 153 cm³/mol. The number of anilines is 1. The van der Waals surface area contributed by atoms with E-state index in [1.165, 1.54) is 0 Å². The highest BCUT2D eigenvalue weighted by atomic mass is 79.9. The average molecular weight is 622 g/mol. The van der Waals surface area contributed by atoms with Gasteiger partial charge in [0.05, 0.1) is 23.7 Å². The fourth-order valence-corrected chi connectivity index (χ4v) is 6.26. The third-order valence-electron chi connectivity index (χ3n) is 6.15. The molecule has 1 aromatic heterocycles. The van der Waals surface area contributed by atoms with Gasteiger partial charge in [0, 0.05) is 31.1 Å². The second kappa shape index (κ2) is 10.9. The summed E-state index contributed by atoms with van der Waals surface area (Å²) in [5.41, 5.74) is 1.25. The Kier molecular flexibility index (Phi) is 8.16. The molecule has 1 aliphatic rings. The van der Waals surface area contributed by atoms with E-state index < -0.39 is 17.6 Å². The molecule has 3 aromatic rings. The van der Waals surface area contributed by atoms with E-state index in [9.17, 15) is 14.7 Å². The first-order valence-corrected chi connectivity index (χ1v) is 14.3. The van der Waals surface area contributed by atoms with Crippen LogP contribution in [-0.2, 0) is 16.8 Å². The lowest BCUT2D eigenvalue weighted by Crippen LogP contribution is -2.47. The topological polar surface area (TPSA) is 109 Å². The molecule has 38 heavy (non-hydrogen) atoms. The predicted octanol–water partition coefficient (Wildman–Crippen LogP) is 7.14. The van der Waals surface area contributed by atoms with Crippen molar-refractivity contribution in [3.8, 4) is 11.5 Å². The molecule has 8 nitrogen and oxygen atoms in total. The van der Waals surface area contributed by atoms with Crippen molar-refractivity contribution in [2.45, 2.75) is 63.4 Å². The Morgan fingerprint density at radius 3 is 2.50 bits per heavy atom. The van der Waals surface area contributed by atoms with Crippen LogP contribution in [0.5, 0.6) is 0 Å². The zero-order valence-electron chi connectivity index (χ0n) is 21.8. The molecule has 4 rings (SSSR count). The van der Waals surface area contributed by atoms with Crippen LogP contribution in [0, 0.1) is 5.92 Å². The highest BCUT2D eigenvalue weighted by Crippen LogP contribution is 2.44. The number of benzene rings is 2. The Hall–Kier alpha value is -2.56. The number of aromatic nitrogens is 2. The summed E-state index contributed by atoms with van der Waals surface area (Å²) < 4.78 is 6.79. The average Bonchev–Trinajstić information content (AvgIpc) is 3.27. The van der Waals surface area contributed by atoms with Gasteiger partial charge in [0.25, 0.3) is 0 Å². The molecular weight excluding hydrogens is 592 g/mol. The van der Waals surface area contributed by atoms with Crippen LogP contribution in [0.3, 0.4) is 0 Å². The van der Waals surface area contributed by atoms with E-state index in [1.54, 1.807) is 42.6 Å². The number of rotatable bonds is 6. The summed E-state index contributed by atoms with van der Waals surface area (Å²) in [5, 5.41) is 20.9. The molecule has 0 radical (unpaired) electrons. The molecule has 0 aliphatic carbocycles. The number of carbonyl (C=O) groups is 2. The molecule has 2 amide bonds. The Labute approximate surface area is 239 Å². The van der Waals surface area contributed by atoms with Crippen LogP contribution in [0.4, 0.5) is 10.5 Å². The first-order valence-electron chi connectivity index (χ1n) is 12.1. The summed E-state index contributed by atoms with van der Waals surface area (Å²) in [7, 11) is 0. The first kappa shape index (κ1) is 28.4. The van der Waals surface area contributed by atoms with E-state index in [4.69, 9.17) is 16.0 Å². The molecule has 202 valence electrons. The largest absolute Gasteiger partial charge is 0.465 e. The van der Waals surface area contributed by atoms with Gasteiger partial charge in [-0.05, 0) is 66.0 Å². The second-order valence-electron chi connectivity index (χ2n) is 11.0. The summed E-state index contributed by atoms with van der Waals surface area (Å²) in [6.07, 6.45) is -0.768. The molecule has 2 heterocycles. The fraction of sp³-hybridized carbons (Fsp3) is 0.407. The van der Waals surface area contributed by atoms with Gasteiger partial charge in [0.15, 0.2) is 0 Å². The highest BCUT2D eigenvalue weighted by Gasteiger charge is 2.36. The van der Waals surface area contributed by atoms with Crippen molar-refractivity contribution < 1.29 is 19.1 Å². The summed E-state index contributed by atoms with van der Waals surface area (Å²) in [6, 6.07) is 11.3. The lowest BCUT2D eigenvalue weighted by molar-refractivity contribution is -0.122. The van der Waals surface area contributed by atoms with Crippen molar-refractivity contribution in [2.24, 2.45) is 5.92 Å². The van der Waals surface area contributed by atoms with Gasteiger partial charge < -0.3 is 19.7 Å². The minimum atomic E-state index is -1.12. The van der Waals surface area contributed by atoms with Gasteiger partial charge in [0.1, 0.15) is 0 Å². The number of hydrogen-bond donors (Lipinski definition) is 2. The van der Waals surface area contributed by atoms with E-state index in [0.717, 1.165) is 20.6 Å². The van der Waals surface area contributed by atoms with Gasteiger partial charge in [-0.1, -0.05) is 44.5 Å². The molecule has 0 fully saturated rings. The van der Waals surface area contributed by atoms with Gasteiger partial charge in [0.2, 0.25) is 17.7 Å².